The van der Waals surface area contributed by atoms with Crippen molar-refractivity contribution in [1.82, 2.24) is 4.98 Å². The lowest BCUT2D eigenvalue weighted by atomic mass is 9.98. The molecule has 3 rings (SSSR count). The van der Waals surface area contributed by atoms with E-state index in [4.69, 9.17) is 18.3 Å². The number of aryl methyl sites for hydroxylation is 1. The number of carbonyl (C=O) groups is 1. The number of carbonyl (C=O) groups excluding carboxylic acids is 1. The number of aromatic amines is 1. The Morgan fingerprint density at radius 2 is 2.14 bits per heavy atom. The molecule has 0 bridgehead atoms. The smallest absolute Gasteiger partial charge is 0.381 e. The van der Waals surface area contributed by atoms with Crippen molar-refractivity contribution in [3.05, 3.63) is 58.9 Å². The van der Waals surface area contributed by atoms with Crippen LogP contribution in [0.4, 0.5) is 0 Å². The summed E-state index contributed by atoms with van der Waals surface area (Å²) < 4.78 is 22.8. The summed E-state index contributed by atoms with van der Waals surface area (Å²) in [5, 5.41) is 10.5. The number of ether oxygens (including phenoxy) is 2. The minimum Gasteiger partial charge on any atom is -0.462 e. The summed E-state index contributed by atoms with van der Waals surface area (Å²) in [7, 11) is -1.51. The summed E-state index contributed by atoms with van der Waals surface area (Å²) in [5.41, 5.74) is 2.71. The molecule has 1 aromatic carbocycles. The van der Waals surface area contributed by atoms with Crippen LogP contribution in [0.1, 0.15) is 40.2 Å². The molecular weight excluding hydrogens is 378 g/mol. The van der Waals surface area contributed by atoms with E-state index in [-0.39, 0.29) is 13.2 Å². The molecule has 3 atom stereocenters. The third kappa shape index (κ3) is 4.71. The highest BCUT2D eigenvalue weighted by atomic mass is 28.3. The Kier molecular flexibility index (Phi) is 7.03. The van der Waals surface area contributed by atoms with Crippen LogP contribution in [0, 0.1) is 6.92 Å². The van der Waals surface area contributed by atoms with Crippen LogP contribution in [0.2, 0.25) is 6.55 Å². The van der Waals surface area contributed by atoms with E-state index >= 15 is 0 Å². The first kappa shape index (κ1) is 20.8. The second-order valence-electron chi connectivity index (χ2n) is 6.63. The van der Waals surface area contributed by atoms with Gasteiger partial charge in [-0.3, -0.25) is 0 Å². The van der Waals surface area contributed by atoms with Crippen LogP contribution in [0.25, 0.3) is 0 Å². The first-order valence-corrected chi connectivity index (χ1v) is 11.1. The van der Waals surface area contributed by atoms with Gasteiger partial charge in [0.2, 0.25) is 0 Å². The first-order chi connectivity index (χ1) is 13.5. The lowest BCUT2D eigenvalue weighted by molar-refractivity contribution is -0.125. The lowest BCUT2D eigenvalue weighted by Crippen LogP contribution is -2.48. The molecule has 1 fully saturated rings. The highest BCUT2D eigenvalue weighted by molar-refractivity contribution is 6.42. The van der Waals surface area contributed by atoms with Crippen molar-refractivity contribution in [1.29, 1.82) is 0 Å². The second-order valence-corrected chi connectivity index (χ2v) is 8.14. The molecule has 1 aliphatic rings. The Morgan fingerprint density at radius 1 is 1.39 bits per heavy atom. The maximum atomic E-state index is 12.5. The van der Waals surface area contributed by atoms with Gasteiger partial charge in [0.15, 0.2) is 0 Å². The van der Waals surface area contributed by atoms with Gasteiger partial charge in [-0.25, -0.2) is 4.79 Å². The molecule has 7 nitrogen and oxygen atoms in total. The van der Waals surface area contributed by atoms with Crippen LogP contribution in [0.15, 0.2) is 36.5 Å². The fraction of sp³-hybridized carbons (Fsp3) is 0.450. The molecule has 0 aliphatic carbocycles. The van der Waals surface area contributed by atoms with Crippen LogP contribution in [-0.4, -0.2) is 50.8 Å². The highest BCUT2D eigenvalue weighted by Gasteiger charge is 2.40. The first-order valence-electron chi connectivity index (χ1n) is 9.32. The van der Waals surface area contributed by atoms with E-state index in [9.17, 15) is 9.90 Å². The minimum atomic E-state index is -1.51. The number of nitrogens with one attached hydrogen (secondary N) is 1. The van der Waals surface area contributed by atoms with Crippen molar-refractivity contribution < 1.29 is 28.2 Å². The van der Waals surface area contributed by atoms with E-state index in [1.165, 1.54) is 0 Å². The second kappa shape index (κ2) is 9.49. The fourth-order valence-corrected chi connectivity index (χ4v) is 4.37. The number of aliphatic hydroxyl groups excluding tert-OH is 1. The predicted molar refractivity (Wildman–Crippen MR) is 104 cm³/mol. The molecule has 1 aliphatic heterocycles. The van der Waals surface area contributed by atoms with E-state index in [0.29, 0.717) is 23.4 Å². The van der Waals surface area contributed by atoms with Crippen LogP contribution in [0.3, 0.4) is 0 Å². The normalized spacial score (nSPS) is 21.4. The number of hydrogen-bond acceptors (Lipinski definition) is 6. The van der Waals surface area contributed by atoms with Gasteiger partial charge in [-0.05, 0) is 26.0 Å². The molecule has 2 heterocycles. The number of esters is 1. The molecule has 8 heteroatoms. The average molecular weight is 405 g/mol. The van der Waals surface area contributed by atoms with Gasteiger partial charge in [0, 0.05) is 17.5 Å². The number of H-pyrrole nitrogens is 1. The molecule has 0 spiro atoms. The van der Waals surface area contributed by atoms with E-state index < -0.39 is 33.6 Å². The van der Waals surface area contributed by atoms with Crippen LogP contribution in [0.5, 0.6) is 0 Å². The Hall–Kier alpha value is -1.97. The van der Waals surface area contributed by atoms with Crippen molar-refractivity contribution in [3.63, 3.8) is 0 Å². The Balaban J connectivity index is 1.93. The number of benzene rings is 1. The topological polar surface area (TPSA) is 90.0 Å². The SMILES string of the molecule is CCOC(=O)c1c(C(OCc2ccccc2)C2O[Si](C)OCC2O)c[nH]c1C. The van der Waals surface area contributed by atoms with Crippen molar-refractivity contribution in [2.24, 2.45) is 0 Å². The average Bonchev–Trinajstić information content (AvgIpc) is 3.07. The molecule has 1 aromatic heterocycles. The zero-order valence-electron chi connectivity index (χ0n) is 16.3. The molecule has 1 saturated heterocycles. The third-order valence-electron chi connectivity index (χ3n) is 4.60. The lowest BCUT2D eigenvalue weighted by Gasteiger charge is -2.36. The van der Waals surface area contributed by atoms with Gasteiger partial charge in [-0.1, -0.05) is 30.3 Å². The van der Waals surface area contributed by atoms with Gasteiger partial charge in [0.25, 0.3) is 0 Å². The fourth-order valence-electron chi connectivity index (χ4n) is 3.23. The standard InChI is InChI=1S/C20H26NO6Si/c1-4-24-20(23)17-13(2)21-10-15(17)18(19-16(22)12-26-28(3)27-19)25-11-14-8-6-5-7-9-14/h5-10,16,18-19,21-22H,4,11-12H2,1-3H3. The number of aliphatic hydroxyl groups is 1. The largest absolute Gasteiger partial charge is 0.462 e. The summed E-state index contributed by atoms with van der Waals surface area (Å²) >= 11 is 0. The Morgan fingerprint density at radius 3 is 2.86 bits per heavy atom. The third-order valence-corrected chi connectivity index (χ3v) is 5.78. The number of rotatable bonds is 7. The van der Waals surface area contributed by atoms with Gasteiger partial charge >= 0.3 is 15.3 Å². The summed E-state index contributed by atoms with van der Waals surface area (Å²) in [5.74, 6) is -0.423. The summed E-state index contributed by atoms with van der Waals surface area (Å²) in [6, 6.07) is 9.73. The minimum absolute atomic E-state index is 0.179. The molecular formula is C20H26NO6Si. The van der Waals surface area contributed by atoms with Crippen molar-refractivity contribution in [2.75, 3.05) is 13.2 Å². The van der Waals surface area contributed by atoms with E-state index in [1.807, 2.05) is 36.9 Å². The molecule has 3 unspecified atom stereocenters. The highest BCUT2D eigenvalue weighted by Crippen LogP contribution is 2.33. The van der Waals surface area contributed by atoms with Gasteiger partial charge in [-0.15, -0.1) is 0 Å². The maximum absolute atomic E-state index is 12.5. The monoisotopic (exact) mass is 404 g/mol. The quantitative estimate of drug-likeness (QED) is 0.545. The molecule has 1 radical (unpaired) electrons. The number of hydrogen-bond donors (Lipinski definition) is 2. The van der Waals surface area contributed by atoms with Crippen LogP contribution < -0.4 is 0 Å². The summed E-state index contributed by atoms with van der Waals surface area (Å²) in [4.78, 5) is 15.6. The molecule has 0 amide bonds. The molecule has 0 saturated carbocycles. The van der Waals surface area contributed by atoms with Gasteiger partial charge < -0.3 is 28.4 Å². The summed E-state index contributed by atoms with van der Waals surface area (Å²) in [6.07, 6.45) is -0.423. The van der Waals surface area contributed by atoms with Gasteiger partial charge in [0.1, 0.15) is 18.3 Å². The van der Waals surface area contributed by atoms with Crippen molar-refractivity contribution >= 4 is 15.3 Å². The predicted octanol–water partition coefficient (Wildman–Crippen LogP) is 2.65. The zero-order chi connectivity index (χ0) is 20.1. The molecule has 2 N–H and O–H groups in total. The van der Waals surface area contributed by atoms with E-state index in [0.717, 1.165) is 5.56 Å². The van der Waals surface area contributed by atoms with Gasteiger partial charge in [0.05, 0.1) is 25.4 Å². The zero-order valence-corrected chi connectivity index (χ0v) is 17.3. The van der Waals surface area contributed by atoms with Gasteiger partial charge in [-0.2, -0.15) is 0 Å². The Labute approximate surface area is 166 Å². The van der Waals surface area contributed by atoms with E-state index in [2.05, 4.69) is 4.98 Å². The Bertz CT molecular complexity index is 780. The maximum Gasteiger partial charge on any atom is 0.381 e. The molecule has 2 aromatic rings. The van der Waals surface area contributed by atoms with Crippen LogP contribution in [-0.2, 0) is 24.9 Å². The van der Waals surface area contributed by atoms with Crippen molar-refractivity contribution in [2.45, 2.75) is 45.3 Å². The van der Waals surface area contributed by atoms with Crippen LogP contribution >= 0.6 is 0 Å². The van der Waals surface area contributed by atoms with Crippen molar-refractivity contribution in [3.8, 4) is 0 Å². The van der Waals surface area contributed by atoms with E-state index in [1.54, 1.807) is 20.0 Å². The number of aromatic nitrogens is 1. The molecule has 28 heavy (non-hydrogen) atoms. The summed E-state index contributed by atoms with van der Waals surface area (Å²) in [6.45, 7) is 6.21. The molecule has 151 valence electrons.